The fourth-order valence-electron chi connectivity index (χ4n) is 2.70. The molecule has 0 atom stereocenters. The van der Waals surface area contributed by atoms with Gasteiger partial charge in [0.2, 0.25) is 0 Å². The maximum absolute atomic E-state index is 10.4. The average Bonchev–Trinajstić information content (AvgIpc) is 2.62. The van der Waals surface area contributed by atoms with Crippen molar-refractivity contribution in [2.75, 3.05) is 0 Å². The smallest absolute Gasteiger partial charge is 0.303 e. The molecule has 148 valence electrons. The van der Waals surface area contributed by atoms with Gasteiger partial charge >= 0.3 is 5.97 Å². The molecule has 0 amide bonds. The Hall–Kier alpha value is -1.57. The molecule has 0 aromatic rings. The number of rotatable bonds is 18. The number of allylic oxidation sites excluding steroid dienone is 8. The van der Waals surface area contributed by atoms with E-state index >= 15 is 0 Å². The first-order valence-corrected chi connectivity index (χ1v) is 10.6. The fraction of sp³-hybridized carbons (Fsp3) is 0.625. The molecule has 0 rings (SSSR count). The summed E-state index contributed by atoms with van der Waals surface area (Å²) < 4.78 is 0. The zero-order valence-electron chi connectivity index (χ0n) is 16.9. The molecule has 0 radical (unpaired) electrons. The number of carboxylic acid groups (broad SMARTS) is 1. The van der Waals surface area contributed by atoms with E-state index in [1.807, 2.05) is 0 Å². The van der Waals surface area contributed by atoms with E-state index in [1.54, 1.807) is 0 Å². The maximum atomic E-state index is 10.4. The maximum Gasteiger partial charge on any atom is 0.303 e. The van der Waals surface area contributed by atoms with Gasteiger partial charge in [-0.1, -0.05) is 94.1 Å². The average molecular weight is 361 g/mol. The molecule has 2 nitrogen and oxygen atoms in total. The molecule has 0 spiro atoms. The first kappa shape index (κ1) is 24.4. The predicted octanol–water partition coefficient (Wildman–Crippen LogP) is 7.78. The second-order valence-corrected chi connectivity index (χ2v) is 6.76. The van der Waals surface area contributed by atoms with Crippen molar-refractivity contribution in [2.45, 2.75) is 96.8 Å². The van der Waals surface area contributed by atoms with Gasteiger partial charge in [0.05, 0.1) is 0 Å². The summed E-state index contributed by atoms with van der Waals surface area (Å²) in [5, 5.41) is 8.56. The van der Waals surface area contributed by atoms with E-state index in [4.69, 9.17) is 5.11 Å². The van der Waals surface area contributed by atoms with Gasteiger partial charge in [-0.2, -0.15) is 0 Å². The van der Waals surface area contributed by atoms with Crippen LogP contribution in [0.15, 0.2) is 48.6 Å². The van der Waals surface area contributed by atoms with Gasteiger partial charge in [-0.3, -0.25) is 4.79 Å². The summed E-state index contributed by atoms with van der Waals surface area (Å²) in [6, 6.07) is 0. The second kappa shape index (κ2) is 21.5. The number of carbonyl (C=O) groups is 1. The molecule has 0 unspecified atom stereocenters. The summed E-state index contributed by atoms with van der Waals surface area (Å²) in [6.45, 7) is 2.16. The van der Waals surface area contributed by atoms with Gasteiger partial charge in [-0.25, -0.2) is 0 Å². The minimum atomic E-state index is -0.666. The molecule has 0 heterocycles. The Morgan fingerprint density at radius 2 is 1.04 bits per heavy atom. The van der Waals surface area contributed by atoms with Crippen molar-refractivity contribution in [1.29, 1.82) is 0 Å². The van der Waals surface area contributed by atoms with E-state index in [-0.39, 0.29) is 0 Å². The lowest BCUT2D eigenvalue weighted by atomic mass is 10.1. The van der Waals surface area contributed by atoms with E-state index < -0.39 is 5.97 Å². The van der Waals surface area contributed by atoms with E-state index in [0.717, 1.165) is 38.5 Å². The Labute approximate surface area is 161 Å². The molecule has 0 aliphatic rings. The highest BCUT2D eigenvalue weighted by molar-refractivity contribution is 5.66. The Morgan fingerprint density at radius 1 is 0.615 bits per heavy atom. The lowest BCUT2D eigenvalue weighted by molar-refractivity contribution is -0.137. The first-order valence-electron chi connectivity index (χ1n) is 10.6. The summed E-state index contributed by atoms with van der Waals surface area (Å²) in [7, 11) is 0. The van der Waals surface area contributed by atoms with Gasteiger partial charge in [-0.05, 0) is 44.9 Å². The lowest BCUT2D eigenvalue weighted by Crippen LogP contribution is -1.93. The summed E-state index contributed by atoms with van der Waals surface area (Å²) in [4.78, 5) is 10.4. The van der Waals surface area contributed by atoms with Crippen molar-refractivity contribution in [3.63, 3.8) is 0 Å². The molecule has 0 aliphatic heterocycles. The van der Waals surface area contributed by atoms with E-state index in [1.165, 1.54) is 44.9 Å². The highest BCUT2D eigenvalue weighted by Crippen LogP contribution is 2.11. The first-order chi connectivity index (χ1) is 12.8. The quantitative estimate of drug-likeness (QED) is 0.200. The Balaban J connectivity index is 3.27. The Morgan fingerprint density at radius 3 is 1.54 bits per heavy atom. The van der Waals surface area contributed by atoms with Crippen molar-refractivity contribution in [1.82, 2.24) is 0 Å². The van der Waals surface area contributed by atoms with Crippen molar-refractivity contribution >= 4 is 5.97 Å². The van der Waals surface area contributed by atoms with Crippen LogP contribution in [-0.4, -0.2) is 11.1 Å². The van der Waals surface area contributed by atoms with E-state index in [9.17, 15) is 4.79 Å². The van der Waals surface area contributed by atoms with Crippen LogP contribution in [-0.2, 0) is 4.79 Å². The number of hydrogen-bond donors (Lipinski definition) is 1. The topological polar surface area (TPSA) is 37.3 Å². The third-order valence-corrected chi connectivity index (χ3v) is 4.23. The van der Waals surface area contributed by atoms with Crippen molar-refractivity contribution in [3.8, 4) is 0 Å². The number of unbranched alkanes of at least 4 members (excludes halogenated alkanes) is 8. The van der Waals surface area contributed by atoms with Crippen LogP contribution in [0.2, 0.25) is 0 Å². The SMILES string of the molecule is CC/C=C\C/C=C\C/C=C\C/C=C\CCCCCCCCCCC(=O)O. The largest absolute Gasteiger partial charge is 0.481 e. The Kier molecular flexibility index (Phi) is 20.2. The molecule has 0 aliphatic carbocycles. The zero-order chi connectivity index (χ0) is 19.1. The minimum absolute atomic E-state index is 0.328. The predicted molar refractivity (Wildman–Crippen MR) is 115 cm³/mol. The molecule has 0 saturated carbocycles. The molecular weight excluding hydrogens is 320 g/mol. The van der Waals surface area contributed by atoms with E-state index in [2.05, 4.69) is 55.5 Å². The van der Waals surface area contributed by atoms with Gasteiger partial charge in [0.15, 0.2) is 0 Å². The molecule has 26 heavy (non-hydrogen) atoms. The molecule has 2 heteroatoms. The van der Waals surface area contributed by atoms with Crippen LogP contribution in [0.1, 0.15) is 96.8 Å². The lowest BCUT2D eigenvalue weighted by Gasteiger charge is -2.00. The third-order valence-electron chi connectivity index (χ3n) is 4.23. The summed E-state index contributed by atoms with van der Waals surface area (Å²) in [5.74, 6) is -0.666. The molecular formula is C24H40O2. The summed E-state index contributed by atoms with van der Waals surface area (Å²) >= 11 is 0. The molecule has 0 aromatic carbocycles. The summed E-state index contributed by atoms with van der Waals surface area (Å²) in [6.07, 6.45) is 33.2. The highest BCUT2D eigenvalue weighted by atomic mass is 16.4. The molecule has 0 aromatic heterocycles. The monoisotopic (exact) mass is 360 g/mol. The van der Waals surface area contributed by atoms with Gasteiger partial charge in [0, 0.05) is 6.42 Å². The van der Waals surface area contributed by atoms with Crippen molar-refractivity contribution in [2.24, 2.45) is 0 Å². The van der Waals surface area contributed by atoms with Crippen LogP contribution in [0.4, 0.5) is 0 Å². The van der Waals surface area contributed by atoms with Crippen molar-refractivity contribution < 1.29 is 9.90 Å². The second-order valence-electron chi connectivity index (χ2n) is 6.76. The van der Waals surface area contributed by atoms with Crippen LogP contribution >= 0.6 is 0 Å². The fourth-order valence-corrected chi connectivity index (χ4v) is 2.70. The molecule has 1 N–H and O–H groups in total. The normalized spacial score (nSPS) is 12.3. The third kappa shape index (κ3) is 22.4. The van der Waals surface area contributed by atoms with Crippen LogP contribution in [0.3, 0.4) is 0 Å². The molecule has 0 fully saturated rings. The number of hydrogen-bond acceptors (Lipinski definition) is 1. The van der Waals surface area contributed by atoms with Crippen LogP contribution < -0.4 is 0 Å². The summed E-state index contributed by atoms with van der Waals surface area (Å²) in [5.41, 5.74) is 0. The minimum Gasteiger partial charge on any atom is -0.481 e. The highest BCUT2D eigenvalue weighted by Gasteiger charge is 1.96. The van der Waals surface area contributed by atoms with E-state index in [0.29, 0.717) is 6.42 Å². The van der Waals surface area contributed by atoms with Gasteiger partial charge in [-0.15, -0.1) is 0 Å². The standard InChI is InChI=1S/C24H40O2/c1-2-3-4-5-6-7-8-9-10-11-12-13-14-15-16-17-18-19-20-21-22-23-24(25)26/h3-4,6-7,9-10,12-13H,2,5,8,11,14-23H2,1H3,(H,25,26)/b4-3-,7-6-,10-9-,13-12-. The van der Waals surface area contributed by atoms with Crippen LogP contribution in [0.5, 0.6) is 0 Å². The zero-order valence-corrected chi connectivity index (χ0v) is 16.9. The van der Waals surface area contributed by atoms with Crippen LogP contribution in [0.25, 0.3) is 0 Å². The number of carboxylic acids is 1. The molecule has 0 bridgehead atoms. The molecule has 0 saturated heterocycles. The van der Waals surface area contributed by atoms with Gasteiger partial charge < -0.3 is 5.11 Å². The number of aliphatic carboxylic acids is 1. The van der Waals surface area contributed by atoms with Gasteiger partial charge in [0.1, 0.15) is 0 Å². The Bertz CT molecular complexity index is 416. The van der Waals surface area contributed by atoms with Crippen molar-refractivity contribution in [3.05, 3.63) is 48.6 Å². The van der Waals surface area contributed by atoms with Crippen LogP contribution in [0, 0.1) is 0 Å². The van der Waals surface area contributed by atoms with Gasteiger partial charge in [0.25, 0.3) is 0 Å².